The summed E-state index contributed by atoms with van der Waals surface area (Å²) in [4.78, 5) is 17.0. The fourth-order valence-corrected chi connectivity index (χ4v) is 3.23. The largest absolute Gasteiger partial charge is 0.493 e. The van der Waals surface area contributed by atoms with E-state index in [0.29, 0.717) is 29.7 Å². The van der Waals surface area contributed by atoms with Crippen LogP contribution in [0.15, 0.2) is 42.5 Å². The standard InChI is InChI=1S/C18H18N2O3S/c1-3-22-13-9-6-5-8-12(13)17(21)20-18-19-16-14(23-4-2)10-7-11-15(16)24-18/h5-11H,3-4H2,1-2H3,(H,19,20,21). The molecule has 0 aliphatic heterocycles. The molecule has 0 atom stereocenters. The van der Waals surface area contributed by atoms with Gasteiger partial charge in [0.1, 0.15) is 17.0 Å². The smallest absolute Gasteiger partial charge is 0.261 e. The number of aromatic nitrogens is 1. The van der Waals surface area contributed by atoms with E-state index in [9.17, 15) is 4.79 Å². The van der Waals surface area contributed by atoms with Gasteiger partial charge in [0.25, 0.3) is 5.91 Å². The van der Waals surface area contributed by atoms with Crippen molar-refractivity contribution >= 4 is 32.6 Å². The Morgan fingerprint density at radius 3 is 2.54 bits per heavy atom. The van der Waals surface area contributed by atoms with Crippen molar-refractivity contribution in [2.75, 3.05) is 18.5 Å². The van der Waals surface area contributed by atoms with E-state index >= 15 is 0 Å². The van der Waals surface area contributed by atoms with Gasteiger partial charge in [-0.3, -0.25) is 10.1 Å². The number of amides is 1. The van der Waals surface area contributed by atoms with E-state index in [1.54, 1.807) is 12.1 Å². The van der Waals surface area contributed by atoms with Gasteiger partial charge in [-0.15, -0.1) is 0 Å². The lowest BCUT2D eigenvalue weighted by molar-refractivity contribution is 0.102. The Kier molecular flexibility index (Phi) is 4.96. The lowest BCUT2D eigenvalue weighted by atomic mass is 10.2. The van der Waals surface area contributed by atoms with E-state index in [2.05, 4.69) is 10.3 Å². The first kappa shape index (κ1) is 16.3. The number of thiazole rings is 1. The van der Waals surface area contributed by atoms with Crippen molar-refractivity contribution in [2.24, 2.45) is 0 Å². The van der Waals surface area contributed by atoms with E-state index < -0.39 is 0 Å². The van der Waals surface area contributed by atoms with Gasteiger partial charge in [-0.2, -0.15) is 0 Å². The van der Waals surface area contributed by atoms with Gasteiger partial charge in [0.2, 0.25) is 0 Å². The molecule has 0 saturated carbocycles. The number of benzene rings is 2. The lowest BCUT2D eigenvalue weighted by Gasteiger charge is -2.08. The van der Waals surface area contributed by atoms with Crippen molar-refractivity contribution in [2.45, 2.75) is 13.8 Å². The number of carbonyl (C=O) groups excluding carboxylic acids is 1. The molecule has 3 aromatic rings. The van der Waals surface area contributed by atoms with Crippen molar-refractivity contribution < 1.29 is 14.3 Å². The normalized spacial score (nSPS) is 10.6. The molecular formula is C18H18N2O3S. The summed E-state index contributed by atoms with van der Waals surface area (Å²) in [7, 11) is 0. The molecule has 3 rings (SSSR count). The summed E-state index contributed by atoms with van der Waals surface area (Å²) in [5, 5.41) is 3.38. The van der Waals surface area contributed by atoms with Crippen LogP contribution in [0.3, 0.4) is 0 Å². The van der Waals surface area contributed by atoms with Crippen LogP contribution >= 0.6 is 11.3 Å². The third kappa shape index (κ3) is 3.33. The Morgan fingerprint density at radius 1 is 1.04 bits per heavy atom. The molecule has 5 nitrogen and oxygen atoms in total. The third-order valence-corrected chi connectivity index (χ3v) is 4.27. The molecule has 0 fully saturated rings. The van der Waals surface area contributed by atoms with Crippen LogP contribution in [0.2, 0.25) is 0 Å². The topological polar surface area (TPSA) is 60.5 Å². The molecule has 0 spiro atoms. The Morgan fingerprint density at radius 2 is 1.75 bits per heavy atom. The number of ether oxygens (including phenoxy) is 2. The van der Waals surface area contributed by atoms with E-state index in [1.807, 2.05) is 44.2 Å². The number of hydrogen-bond acceptors (Lipinski definition) is 5. The molecule has 24 heavy (non-hydrogen) atoms. The van der Waals surface area contributed by atoms with Crippen molar-refractivity contribution in [1.29, 1.82) is 0 Å². The average Bonchev–Trinajstić information content (AvgIpc) is 2.99. The second-order valence-electron chi connectivity index (χ2n) is 4.94. The van der Waals surface area contributed by atoms with Crippen molar-refractivity contribution in [3.63, 3.8) is 0 Å². The number of hydrogen-bond donors (Lipinski definition) is 1. The molecular weight excluding hydrogens is 324 g/mol. The first-order chi connectivity index (χ1) is 11.7. The molecule has 0 unspecified atom stereocenters. The highest BCUT2D eigenvalue weighted by Crippen LogP contribution is 2.32. The molecule has 1 amide bonds. The fourth-order valence-electron chi connectivity index (χ4n) is 2.35. The molecule has 1 N–H and O–H groups in total. The number of anilines is 1. The molecule has 6 heteroatoms. The molecule has 1 aromatic heterocycles. The minimum Gasteiger partial charge on any atom is -0.493 e. The van der Waals surface area contributed by atoms with Gasteiger partial charge in [-0.1, -0.05) is 29.5 Å². The Balaban J connectivity index is 1.87. The van der Waals surface area contributed by atoms with Gasteiger partial charge in [-0.05, 0) is 38.1 Å². The Labute approximate surface area is 144 Å². The highest BCUT2D eigenvalue weighted by molar-refractivity contribution is 7.22. The molecule has 124 valence electrons. The van der Waals surface area contributed by atoms with Crippen LogP contribution in [0.25, 0.3) is 10.2 Å². The van der Waals surface area contributed by atoms with E-state index in [4.69, 9.17) is 9.47 Å². The summed E-state index contributed by atoms with van der Waals surface area (Å²) >= 11 is 1.42. The first-order valence-electron chi connectivity index (χ1n) is 7.78. The molecule has 1 heterocycles. The maximum absolute atomic E-state index is 12.5. The zero-order valence-electron chi connectivity index (χ0n) is 13.5. The zero-order valence-corrected chi connectivity index (χ0v) is 14.4. The third-order valence-electron chi connectivity index (χ3n) is 3.33. The van der Waals surface area contributed by atoms with Gasteiger partial charge >= 0.3 is 0 Å². The quantitative estimate of drug-likeness (QED) is 0.723. The number of nitrogens with one attached hydrogen (secondary N) is 1. The van der Waals surface area contributed by atoms with Gasteiger partial charge in [0, 0.05) is 0 Å². The molecule has 0 saturated heterocycles. The first-order valence-corrected chi connectivity index (χ1v) is 8.60. The van der Waals surface area contributed by atoms with Crippen LogP contribution in [0.4, 0.5) is 5.13 Å². The highest BCUT2D eigenvalue weighted by atomic mass is 32.1. The maximum Gasteiger partial charge on any atom is 0.261 e. The van der Waals surface area contributed by atoms with Crippen molar-refractivity contribution in [1.82, 2.24) is 4.98 Å². The summed E-state index contributed by atoms with van der Waals surface area (Å²) in [6.45, 7) is 4.89. The van der Waals surface area contributed by atoms with Crippen LogP contribution in [0, 0.1) is 0 Å². The fraction of sp³-hybridized carbons (Fsp3) is 0.222. The van der Waals surface area contributed by atoms with E-state index in [0.717, 1.165) is 16.0 Å². The number of rotatable bonds is 6. The van der Waals surface area contributed by atoms with Gasteiger partial charge in [0.15, 0.2) is 5.13 Å². The minimum atomic E-state index is -0.240. The Bertz CT molecular complexity index is 860. The van der Waals surface area contributed by atoms with Crippen LogP contribution < -0.4 is 14.8 Å². The molecule has 0 aliphatic carbocycles. The number of nitrogens with zero attached hydrogens (tertiary/aromatic N) is 1. The van der Waals surface area contributed by atoms with Crippen LogP contribution in [0.1, 0.15) is 24.2 Å². The van der Waals surface area contributed by atoms with Crippen LogP contribution in [-0.4, -0.2) is 24.1 Å². The summed E-state index contributed by atoms with van der Waals surface area (Å²) in [6.07, 6.45) is 0. The lowest BCUT2D eigenvalue weighted by Crippen LogP contribution is -2.13. The molecule has 0 radical (unpaired) electrons. The Hall–Kier alpha value is -2.60. The van der Waals surface area contributed by atoms with Crippen LogP contribution in [-0.2, 0) is 0 Å². The molecule has 2 aromatic carbocycles. The number of para-hydroxylation sites is 2. The summed E-state index contributed by atoms with van der Waals surface area (Å²) in [5.41, 5.74) is 1.25. The van der Waals surface area contributed by atoms with Crippen LogP contribution in [0.5, 0.6) is 11.5 Å². The minimum absolute atomic E-state index is 0.240. The summed E-state index contributed by atoms with van der Waals surface area (Å²) in [6, 6.07) is 12.9. The molecule has 0 aliphatic rings. The second-order valence-corrected chi connectivity index (χ2v) is 5.97. The zero-order chi connectivity index (χ0) is 16.9. The maximum atomic E-state index is 12.5. The van der Waals surface area contributed by atoms with E-state index in [1.165, 1.54) is 11.3 Å². The van der Waals surface area contributed by atoms with Gasteiger partial charge in [0.05, 0.1) is 23.5 Å². The van der Waals surface area contributed by atoms with Gasteiger partial charge < -0.3 is 9.47 Å². The monoisotopic (exact) mass is 342 g/mol. The number of fused-ring (bicyclic) bond motifs is 1. The van der Waals surface area contributed by atoms with Crippen molar-refractivity contribution in [3.8, 4) is 11.5 Å². The average molecular weight is 342 g/mol. The highest BCUT2D eigenvalue weighted by Gasteiger charge is 2.15. The predicted molar refractivity (Wildman–Crippen MR) is 96.4 cm³/mol. The van der Waals surface area contributed by atoms with E-state index in [-0.39, 0.29) is 5.91 Å². The molecule has 0 bridgehead atoms. The summed E-state index contributed by atoms with van der Waals surface area (Å²) in [5.74, 6) is 1.05. The number of carbonyl (C=O) groups is 1. The second kappa shape index (κ2) is 7.31. The van der Waals surface area contributed by atoms with Crippen molar-refractivity contribution in [3.05, 3.63) is 48.0 Å². The van der Waals surface area contributed by atoms with Gasteiger partial charge in [-0.25, -0.2) is 4.98 Å². The predicted octanol–water partition coefficient (Wildman–Crippen LogP) is 4.35. The SMILES string of the molecule is CCOc1ccccc1C(=O)Nc1nc2c(OCC)cccc2s1. The summed E-state index contributed by atoms with van der Waals surface area (Å²) < 4.78 is 12.1.